The fourth-order valence-electron chi connectivity index (χ4n) is 3.01. The Morgan fingerprint density at radius 3 is 2.73 bits per heavy atom. The van der Waals surface area contributed by atoms with Gasteiger partial charge in [-0.1, -0.05) is 36.0 Å². The molecule has 0 radical (unpaired) electrons. The quantitative estimate of drug-likeness (QED) is 0.508. The van der Waals surface area contributed by atoms with Crippen molar-refractivity contribution in [1.29, 1.82) is 0 Å². The average molecular weight is 427 g/mol. The third kappa shape index (κ3) is 5.33. The lowest BCUT2D eigenvalue weighted by Crippen LogP contribution is -2.16. The SMILES string of the molecule is CCn1c(SCC(=O)Nc2ccccc2OC)nnc1C(C)Oc1cccc(C)c1. The summed E-state index contributed by atoms with van der Waals surface area (Å²) in [7, 11) is 1.57. The first-order chi connectivity index (χ1) is 14.5. The zero-order chi connectivity index (χ0) is 21.5. The highest BCUT2D eigenvalue weighted by atomic mass is 32.2. The highest BCUT2D eigenvalue weighted by Gasteiger charge is 2.19. The molecule has 3 rings (SSSR count). The molecule has 2 aromatic carbocycles. The number of amides is 1. The second-order valence-corrected chi connectivity index (χ2v) is 7.64. The number of hydrogen-bond acceptors (Lipinski definition) is 6. The minimum atomic E-state index is -0.268. The van der Waals surface area contributed by atoms with E-state index in [4.69, 9.17) is 9.47 Å². The molecule has 0 aliphatic heterocycles. The molecule has 3 aromatic rings. The van der Waals surface area contributed by atoms with E-state index in [2.05, 4.69) is 15.5 Å². The summed E-state index contributed by atoms with van der Waals surface area (Å²) in [5, 5.41) is 12.1. The summed E-state index contributed by atoms with van der Waals surface area (Å²) in [5.74, 6) is 2.21. The zero-order valence-electron chi connectivity index (χ0n) is 17.6. The summed E-state index contributed by atoms with van der Waals surface area (Å²) in [6.45, 7) is 6.67. The van der Waals surface area contributed by atoms with Crippen molar-refractivity contribution in [2.45, 2.75) is 38.6 Å². The van der Waals surface area contributed by atoms with Gasteiger partial charge in [-0.05, 0) is 50.6 Å². The lowest BCUT2D eigenvalue weighted by atomic mass is 10.2. The van der Waals surface area contributed by atoms with Crippen LogP contribution in [-0.2, 0) is 11.3 Å². The van der Waals surface area contributed by atoms with Crippen LogP contribution >= 0.6 is 11.8 Å². The van der Waals surface area contributed by atoms with Crippen LogP contribution in [0.3, 0.4) is 0 Å². The van der Waals surface area contributed by atoms with Gasteiger partial charge in [0.2, 0.25) is 5.91 Å². The van der Waals surface area contributed by atoms with E-state index in [9.17, 15) is 4.79 Å². The lowest BCUT2D eigenvalue weighted by Gasteiger charge is -2.16. The van der Waals surface area contributed by atoms with Crippen molar-refractivity contribution in [3.63, 3.8) is 0 Å². The molecule has 0 bridgehead atoms. The smallest absolute Gasteiger partial charge is 0.234 e. The Hall–Kier alpha value is -3.00. The first-order valence-electron chi connectivity index (χ1n) is 9.74. The fraction of sp³-hybridized carbons (Fsp3) is 0.318. The number of aromatic nitrogens is 3. The maximum Gasteiger partial charge on any atom is 0.234 e. The molecule has 1 aromatic heterocycles. The van der Waals surface area contributed by atoms with E-state index in [1.807, 2.05) is 61.7 Å². The lowest BCUT2D eigenvalue weighted by molar-refractivity contribution is -0.113. The predicted molar refractivity (Wildman–Crippen MR) is 118 cm³/mol. The standard InChI is InChI=1S/C22H26N4O3S/c1-5-26-21(16(3)29-17-10-8-9-15(2)13-17)24-25-22(26)30-14-20(27)23-18-11-6-7-12-19(18)28-4/h6-13,16H,5,14H2,1-4H3,(H,23,27). The van der Waals surface area contributed by atoms with Crippen molar-refractivity contribution in [3.05, 3.63) is 59.9 Å². The van der Waals surface area contributed by atoms with Gasteiger partial charge in [-0.25, -0.2) is 0 Å². The van der Waals surface area contributed by atoms with Crippen LogP contribution in [0.2, 0.25) is 0 Å². The van der Waals surface area contributed by atoms with Gasteiger partial charge in [-0.3, -0.25) is 4.79 Å². The summed E-state index contributed by atoms with van der Waals surface area (Å²) >= 11 is 1.34. The molecule has 0 aliphatic rings. The summed E-state index contributed by atoms with van der Waals surface area (Å²) in [6.07, 6.45) is -0.268. The van der Waals surface area contributed by atoms with E-state index in [-0.39, 0.29) is 17.8 Å². The van der Waals surface area contributed by atoms with Crippen molar-refractivity contribution in [2.24, 2.45) is 0 Å². The molecule has 1 N–H and O–H groups in total. The molecule has 0 spiro atoms. The number of para-hydroxylation sites is 2. The van der Waals surface area contributed by atoms with Crippen molar-refractivity contribution in [1.82, 2.24) is 14.8 Å². The Kier molecular flexibility index (Phi) is 7.35. The summed E-state index contributed by atoms with van der Waals surface area (Å²) < 4.78 is 13.3. The van der Waals surface area contributed by atoms with E-state index in [1.54, 1.807) is 19.2 Å². The molecule has 0 saturated heterocycles. The summed E-state index contributed by atoms with van der Waals surface area (Å²) in [5.41, 5.74) is 1.78. The minimum Gasteiger partial charge on any atom is -0.495 e. The molecule has 0 aliphatic carbocycles. The second kappa shape index (κ2) is 10.2. The van der Waals surface area contributed by atoms with E-state index in [1.165, 1.54) is 11.8 Å². The van der Waals surface area contributed by atoms with E-state index in [0.29, 0.717) is 23.1 Å². The monoisotopic (exact) mass is 426 g/mol. The van der Waals surface area contributed by atoms with E-state index < -0.39 is 0 Å². The van der Waals surface area contributed by atoms with Crippen molar-refractivity contribution in [2.75, 3.05) is 18.2 Å². The van der Waals surface area contributed by atoms with Crippen LogP contribution < -0.4 is 14.8 Å². The Bertz CT molecular complexity index is 1010. The molecule has 1 atom stereocenters. The van der Waals surface area contributed by atoms with Crippen molar-refractivity contribution < 1.29 is 14.3 Å². The van der Waals surface area contributed by atoms with Gasteiger partial charge >= 0.3 is 0 Å². The second-order valence-electron chi connectivity index (χ2n) is 6.70. The van der Waals surface area contributed by atoms with Crippen LogP contribution in [-0.4, -0.2) is 33.5 Å². The average Bonchev–Trinajstić information content (AvgIpc) is 3.16. The van der Waals surface area contributed by atoms with Gasteiger partial charge in [0.25, 0.3) is 0 Å². The molecule has 158 valence electrons. The zero-order valence-corrected chi connectivity index (χ0v) is 18.4. The molecule has 8 heteroatoms. The molecule has 1 heterocycles. The molecule has 1 unspecified atom stereocenters. The van der Waals surface area contributed by atoms with Gasteiger partial charge in [0, 0.05) is 6.54 Å². The number of rotatable bonds is 9. The Morgan fingerprint density at radius 1 is 1.20 bits per heavy atom. The number of aryl methyl sites for hydroxylation is 1. The number of ether oxygens (including phenoxy) is 2. The fourth-order valence-corrected chi connectivity index (χ4v) is 3.82. The van der Waals surface area contributed by atoms with Gasteiger partial charge in [-0.2, -0.15) is 0 Å². The van der Waals surface area contributed by atoms with Gasteiger partial charge in [0.1, 0.15) is 11.5 Å². The summed E-state index contributed by atoms with van der Waals surface area (Å²) in [4.78, 5) is 12.4. The molecular formula is C22H26N4O3S. The molecule has 30 heavy (non-hydrogen) atoms. The molecule has 0 fully saturated rings. The van der Waals surface area contributed by atoms with Gasteiger partial charge in [0.05, 0.1) is 18.6 Å². The molecule has 1 amide bonds. The van der Waals surface area contributed by atoms with Crippen LogP contribution in [0.1, 0.15) is 31.3 Å². The maximum absolute atomic E-state index is 12.4. The Labute approximate surface area is 180 Å². The van der Waals surface area contributed by atoms with Gasteiger partial charge in [-0.15, -0.1) is 10.2 Å². The number of nitrogens with one attached hydrogen (secondary N) is 1. The Balaban J connectivity index is 1.64. The summed E-state index contributed by atoms with van der Waals surface area (Å²) in [6, 6.07) is 15.2. The normalized spacial score (nSPS) is 11.7. The largest absolute Gasteiger partial charge is 0.495 e. The van der Waals surface area contributed by atoms with Crippen molar-refractivity contribution in [3.8, 4) is 11.5 Å². The molecule has 7 nitrogen and oxygen atoms in total. The maximum atomic E-state index is 12.4. The topological polar surface area (TPSA) is 78.3 Å². The number of carbonyl (C=O) groups excluding carboxylic acids is 1. The first-order valence-corrected chi connectivity index (χ1v) is 10.7. The van der Waals surface area contributed by atoms with Crippen LogP contribution in [0.25, 0.3) is 0 Å². The van der Waals surface area contributed by atoms with E-state index in [0.717, 1.165) is 17.1 Å². The Morgan fingerprint density at radius 2 is 2.00 bits per heavy atom. The van der Waals surface area contributed by atoms with Crippen LogP contribution in [0.5, 0.6) is 11.5 Å². The van der Waals surface area contributed by atoms with Gasteiger partial charge < -0.3 is 19.4 Å². The van der Waals surface area contributed by atoms with Crippen LogP contribution in [0, 0.1) is 6.92 Å². The number of methoxy groups -OCH3 is 1. The number of nitrogens with zero attached hydrogens (tertiary/aromatic N) is 3. The van der Waals surface area contributed by atoms with Crippen molar-refractivity contribution >= 4 is 23.4 Å². The third-order valence-corrected chi connectivity index (χ3v) is 5.41. The third-order valence-electron chi connectivity index (χ3n) is 4.44. The first kappa shape index (κ1) is 21.7. The highest BCUT2D eigenvalue weighted by Crippen LogP contribution is 2.26. The number of thioether (sulfide) groups is 1. The number of anilines is 1. The van der Waals surface area contributed by atoms with Crippen LogP contribution in [0.15, 0.2) is 53.7 Å². The predicted octanol–water partition coefficient (Wildman–Crippen LogP) is 4.49. The highest BCUT2D eigenvalue weighted by molar-refractivity contribution is 7.99. The van der Waals surface area contributed by atoms with Crippen LogP contribution in [0.4, 0.5) is 5.69 Å². The van der Waals surface area contributed by atoms with Gasteiger partial charge in [0.15, 0.2) is 17.1 Å². The molecule has 0 saturated carbocycles. The number of hydrogen-bond donors (Lipinski definition) is 1. The number of carbonyl (C=O) groups is 1. The van der Waals surface area contributed by atoms with E-state index >= 15 is 0 Å². The number of benzene rings is 2. The molecular weight excluding hydrogens is 400 g/mol. The minimum absolute atomic E-state index is 0.138.